The monoisotopic (exact) mass is 209 g/mol. The van der Waals surface area contributed by atoms with Crippen molar-refractivity contribution in [2.24, 2.45) is 5.73 Å². The van der Waals surface area contributed by atoms with Crippen molar-refractivity contribution in [1.82, 2.24) is 5.32 Å². The van der Waals surface area contributed by atoms with Crippen LogP contribution in [0.3, 0.4) is 0 Å². The van der Waals surface area contributed by atoms with Crippen LogP contribution in [0, 0.1) is 6.07 Å². The van der Waals surface area contributed by atoms with Crippen LogP contribution in [0.2, 0.25) is 0 Å². The second-order valence-corrected chi connectivity index (χ2v) is 2.89. The van der Waals surface area contributed by atoms with Crippen molar-refractivity contribution in [2.45, 2.75) is 6.04 Å². The molecular weight excluding hydrogens is 200 g/mol. The number of amides is 1. The fourth-order valence-corrected chi connectivity index (χ4v) is 1.42. The quantitative estimate of drug-likeness (QED) is 0.726. The molecule has 0 aromatic heterocycles. The summed E-state index contributed by atoms with van der Waals surface area (Å²) in [6.45, 7) is 0. The predicted molar refractivity (Wildman–Crippen MR) is 56.6 cm³/mol. The van der Waals surface area contributed by atoms with E-state index in [-0.39, 0.29) is 18.3 Å². The van der Waals surface area contributed by atoms with E-state index in [0.29, 0.717) is 0 Å². The van der Waals surface area contributed by atoms with Crippen LogP contribution in [0.15, 0.2) is 24.4 Å². The highest BCUT2D eigenvalue weighted by molar-refractivity contribution is 5.85. The maximum absolute atomic E-state index is 11.0. The summed E-state index contributed by atoms with van der Waals surface area (Å²) in [5.41, 5.74) is 7.14. The van der Waals surface area contributed by atoms with E-state index in [0.717, 1.165) is 11.1 Å². The van der Waals surface area contributed by atoms with E-state index >= 15 is 0 Å². The van der Waals surface area contributed by atoms with E-state index in [1.165, 1.54) is 0 Å². The van der Waals surface area contributed by atoms with Crippen LogP contribution >= 0.6 is 12.4 Å². The van der Waals surface area contributed by atoms with Crippen molar-refractivity contribution in [2.75, 3.05) is 0 Å². The van der Waals surface area contributed by atoms with Crippen molar-refractivity contribution in [3.05, 3.63) is 41.6 Å². The van der Waals surface area contributed by atoms with E-state index in [1.807, 2.05) is 18.2 Å². The van der Waals surface area contributed by atoms with Gasteiger partial charge in [0.25, 0.3) is 0 Å². The number of halogens is 1. The van der Waals surface area contributed by atoms with Crippen LogP contribution in [0.4, 0.5) is 0 Å². The lowest BCUT2D eigenvalue weighted by Crippen LogP contribution is -2.32. The largest absolute Gasteiger partial charge is 0.376 e. The Morgan fingerprint density at radius 1 is 1.57 bits per heavy atom. The van der Waals surface area contributed by atoms with Crippen LogP contribution in [0.1, 0.15) is 17.2 Å². The molecular formula is C10H10ClN2O. The summed E-state index contributed by atoms with van der Waals surface area (Å²) < 4.78 is 0. The van der Waals surface area contributed by atoms with Gasteiger partial charge >= 0.3 is 0 Å². The van der Waals surface area contributed by atoms with Gasteiger partial charge in [-0.05, 0) is 35.5 Å². The van der Waals surface area contributed by atoms with Gasteiger partial charge in [-0.3, -0.25) is 4.79 Å². The highest BCUT2D eigenvalue weighted by Gasteiger charge is 2.20. The number of nitrogens with one attached hydrogen (secondary N) is 1. The highest BCUT2D eigenvalue weighted by atomic mass is 35.5. The molecule has 0 bridgehead atoms. The minimum absolute atomic E-state index is 0. The zero-order valence-electron chi connectivity index (χ0n) is 7.36. The molecule has 1 radical (unpaired) electrons. The topological polar surface area (TPSA) is 55.1 Å². The third-order valence-electron chi connectivity index (χ3n) is 2.05. The Morgan fingerprint density at radius 2 is 2.36 bits per heavy atom. The molecule has 0 aliphatic carbocycles. The first-order valence-electron chi connectivity index (χ1n) is 4.01. The van der Waals surface area contributed by atoms with Crippen LogP contribution in [-0.4, -0.2) is 5.91 Å². The maximum atomic E-state index is 11.0. The predicted octanol–water partition coefficient (Wildman–Crippen LogP) is 1.01. The van der Waals surface area contributed by atoms with Crippen LogP contribution in [0.5, 0.6) is 0 Å². The Morgan fingerprint density at radius 3 is 3.07 bits per heavy atom. The Labute approximate surface area is 88.4 Å². The molecule has 14 heavy (non-hydrogen) atoms. The van der Waals surface area contributed by atoms with Gasteiger partial charge < -0.3 is 11.1 Å². The molecule has 1 amide bonds. The van der Waals surface area contributed by atoms with Gasteiger partial charge in [-0.25, -0.2) is 0 Å². The first-order chi connectivity index (χ1) is 6.29. The van der Waals surface area contributed by atoms with E-state index in [4.69, 9.17) is 5.73 Å². The summed E-state index contributed by atoms with van der Waals surface area (Å²) in [5.74, 6) is -0.364. The Kier molecular flexibility index (Phi) is 3.14. The molecule has 1 aliphatic heterocycles. The molecule has 3 N–H and O–H groups in total. The third-order valence-corrected chi connectivity index (χ3v) is 2.05. The van der Waals surface area contributed by atoms with Gasteiger partial charge in [-0.15, -0.1) is 12.4 Å². The second-order valence-electron chi connectivity index (χ2n) is 2.89. The number of hydrogen-bond acceptors (Lipinski definition) is 2. The fraction of sp³-hybridized carbons (Fsp3) is 0.100. The minimum Gasteiger partial charge on any atom is -0.376 e. The molecule has 1 aromatic carbocycles. The molecule has 0 spiro atoms. The lowest BCUT2D eigenvalue weighted by molar-refractivity contribution is -0.119. The van der Waals surface area contributed by atoms with Gasteiger partial charge in [0.05, 0.1) is 0 Å². The molecule has 4 heteroatoms. The Balaban J connectivity index is 0.000000980. The van der Waals surface area contributed by atoms with E-state index in [1.54, 1.807) is 12.3 Å². The summed E-state index contributed by atoms with van der Waals surface area (Å²) in [6, 6.07) is 8.00. The van der Waals surface area contributed by atoms with Crippen LogP contribution in [0.25, 0.3) is 6.08 Å². The molecule has 1 aromatic rings. The molecule has 2 rings (SSSR count). The van der Waals surface area contributed by atoms with Crippen molar-refractivity contribution < 1.29 is 4.79 Å². The molecule has 3 nitrogen and oxygen atoms in total. The molecule has 1 atom stereocenters. The highest BCUT2D eigenvalue weighted by Crippen LogP contribution is 2.22. The summed E-state index contributed by atoms with van der Waals surface area (Å²) in [6.07, 6.45) is 3.62. The SMILES string of the molecule is Cl.NC(=O)C1NC=Cc2c[c]ccc21. The molecule has 1 unspecified atom stereocenters. The summed E-state index contributed by atoms with van der Waals surface area (Å²) in [4.78, 5) is 11.0. The third kappa shape index (κ3) is 1.72. The fourth-order valence-electron chi connectivity index (χ4n) is 1.42. The lowest BCUT2D eigenvalue weighted by atomic mass is 9.97. The standard InChI is InChI=1S/C10H9N2O.ClH/c11-10(13)9-8-4-2-1-3-7(8)5-6-12-9;/h2-6,9,12H,(H2,11,13);1H. The maximum Gasteiger partial charge on any atom is 0.244 e. The molecule has 0 saturated heterocycles. The zero-order chi connectivity index (χ0) is 9.26. The first-order valence-corrected chi connectivity index (χ1v) is 4.01. The Hall–Kier alpha value is -1.48. The minimum atomic E-state index is -0.408. The lowest BCUT2D eigenvalue weighted by Gasteiger charge is -2.20. The summed E-state index contributed by atoms with van der Waals surface area (Å²) in [5, 5.41) is 2.91. The van der Waals surface area contributed by atoms with Gasteiger partial charge in [-0.1, -0.05) is 12.1 Å². The van der Waals surface area contributed by atoms with Crippen LogP contribution < -0.4 is 11.1 Å². The normalized spacial score (nSPS) is 17.6. The van der Waals surface area contributed by atoms with Gasteiger partial charge in [0.1, 0.15) is 6.04 Å². The Bertz CT molecular complexity index is 376. The van der Waals surface area contributed by atoms with Gasteiger partial charge in [0.15, 0.2) is 0 Å². The van der Waals surface area contributed by atoms with Crippen molar-refractivity contribution >= 4 is 24.4 Å². The number of benzene rings is 1. The van der Waals surface area contributed by atoms with Gasteiger partial charge in [-0.2, -0.15) is 0 Å². The zero-order valence-corrected chi connectivity index (χ0v) is 8.17. The molecule has 0 saturated carbocycles. The van der Waals surface area contributed by atoms with Crippen LogP contribution in [-0.2, 0) is 4.79 Å². The van der Waals surface area contributed by atoms with Gasteiger partial charge in [0.2, 0.25) is 5.91 Å². The van der Waals surface area contributed by atoms with Crippen molar-refractivity contribution in [3.63, 3.8) is 0 Å². The molecule has 1 heterocycles. The van der Waals surface area contributed by atoms with Gasteiger partial charge in [0, 0.05) is 0 Å². The summed E-state index contributed by atoms with van der Waals surface area (Å²) >= 11 is 0. The van der Waals surface area contributed by atoms with E-state index in [9.17, 15) is 4.79 Å². The van der Waals surface area contributed by atoms with Crippen molar-refractivity contribution in [1.29, 1.82) is 0 Å². The number of carbonyl (C=O) groups excluding carboxylic acids is 1. The van der Waals surface area contributed by atoms with E-state index in [2.05, 4.69) is 11.4 Å². The molecule has 73 valence electrons. The molecule has 1 aliphatic rings. The number of hydrogen-bond donors (Lipinski definition) is 2. The molecule has 0 fully saturated rings. The first kappa shape index (κ1) is 10.6. The smallest absolute Gasteiger partial charge is 0.244 e. The van der Waals surface area contributed by atoms with Crippen molar-refractivity contribution in [3.8, 4) is 0 Å². The number of carbonyl (C=O) groups is 1. The number of fused-ring (bicyclic) bond motifs is 1. The second kappa shape index (κ2) is 4.15. The average molecular weight is 210 g/mol. The number of nitrogens with two attached hydrogens (primary N) is 1. The number of rotatable bonds is 1. The average Bonchev–Trinajstić information content (AvgIpc) is 2.17. The van der Waals surface area contributed by atoms with E-state index < -0.39 is 6.04 Å². The summed E-state index contributed by atoms with van der Waals surface area (Å²) in [7, 11) is 0. The number of primary amides is 1.